The van der Waals surface area contributed by atoms with Crippen LogP contribution in [0.1, 0.15) is 13.3 Å². The van der Waals surface area contributed by atoms with Crippen molar-refractivity contribution in [1.29, 1.82) is 0 Å². The number of amides is 1. The fourth-order valence-corrected chi connectivity index (χ4v) is 2.72. The first-order valence-corrected chi connectivity index (χ1v) is 7.44. The van der Waals surface area contributed by atoms with Crippen molar-refractivity contribution in [3.63, 3.8) is 0 Å². The third-order valence-electron chi connectivity index (χ3n) is 4.18. The number of nitrogens with one attached hydrogen (secondary N) is 1. The molecule has 0 saturated carbocycles. The summed E-state index contributed by atoms with van der Waals surface area (Å²) in [5.74, 6) is 1.22. The molecule has 1 aliphatic rings. The van der Waals surface area contributed by atoms with Gasteiger partial charge in [0, 0.05) is 12.6 Å². The molecule has 6 heteroatoms. The molecule has 122 valence electrons. The van der Waals surface area contributed by atoms with E-state index < -0.39 is 0 Å². The first-order chi connectivity index (χ1) is 10.5. The summed E-state index contributed by atoms with van der Waals surface area (Å²) in [6, 6.07) is 5.32. The molecule has 1 saturated heterocycles. The van der Waals surface area contributed by atoms with Crippen molar-refractivity contribution in [2.24, 2.45) is 11.1 Å². The van der Waals surface area contributed by atoms with E-state index in [9.17, 15) is 4.79 Å². The highest BCUT2D eigenvalue weighted by Crippen LogP contribution is 2.30. The molecule has 1 heterocycles. The Balaban J connectivity index is 1.95. The van der Waals surface area contributed by atoms with Gasteiger partial charge >= 0.3 is 0 Å². The van der Waals surface area contributed by atoms with Crippen LogP contribution >= 0.6 is 0 Å². The molecule has 6 nitrogen and oxygen atoms in total. The maximum Gasteiger partial charge on any atom is 0.238 e. The van der Waals surface area contributed by atoms with E-state index in [4.69, 9.17) is 15.2 Å². The van der Waals surface area contributed by atoms with Crippen LogP contribution in [0.2, 0.25) is 0 Å². The van der Waals surface area contributed by atoms with Crippen molar-refractivity contribution >= 4 is 11.6 Å². The molecule has 22 heavy (non-hydrogen) atoms. The van der Waals surface area contributed by atoms with Gasteiger partial charge in [0.05, 0.1) is 26.5 Å². The minimum atomic E-state index is -0.0512. The normalized spacial score (nSPS) is 21.6. The Kier molecular flexibility index (Phi) is 5.26. The van der Waals surface area contributed by atoms with Crippen LogP contribution in [-0.4, -0.2) is 51.2 Å². The standard InChI is InChI=1S/C16H25N3O3/c1-16(10-17)6-7-19(11-16)9-15(20)18-13-5-4-12(21-2)8-14(13)22-3/h4-5,8H,6-7,9-11,17H2,1-3H3,(H,18,20). The van der Waals surface area contributed by atoms with Crippen LogP contribution in [0.5, 0.6) is 11.5 Å². The lowest BCUT2D eigenvalue weighted by molar-refractivity contribution is -0.117. The zero-order chi connectivity index (χ0) is 16.2. The van der Waals surface area contributed by atoms with Gasteiger partial charge in [-0.2, -0.15) is 0 Å². The minimum Gasteiger partial charge on any atom is -0.497 e. The summed E-state index contributed by atoms with van der Waals surface area (Å²) in [6.07, 6.45) is 1.03. The molecule has 1 fully saturated rings. The predicted molar refractivity (Wildman–Crippen MR) is 86.4 cm³/mol. The number of anilines is 1. The highest BCUT2D eigenvalue weighted by Gasteiger charge is 2.33. The van der Waals surface area contributed by atoms with E-state index in [1.165, 1.54) is 0 Å². The molecule has 1 aliphatic heterocycles. The van der Waals surface area contributed by atoms with Gasteiger partial charge in [-0.1, -0.05) is 6.92 Å². The maximum atomic E-state index is 12.2. The zero-order valence-electron chi connectivity index (χ0n) is 13.5. The third-order valence-corrected chi connectivity index (χ3v) is 4.18. The minimum absolute atomic E-state index is 0.0512. The highest BCUT2D eigenvalue weighted by atomic mass is 16.5. The average Bonchev–Trinajstić information content (AvgIpc) is 2.89. The van der Waals surface area contributed by atoms with Gasteiger partial charge in [0.15, 0.2) is 0 Å². The molecule has 2 rings (SSSR count). The Hall–Kier alpha value is -1.79. The third kappa shape index (κ3) is 3.90. The van der Waals surface area contributed by atoms with E-state index in [0.717, 1.165) is 19.5 Å². The lowest BCUT2D eigenvalue weighted by Gasteiger charge is -2.22. The zero-order valence-corrected chi connectivity index (χ0v) is 13.5. The Morgan fingerprint density at radius 2 is 2.18 bits per heavy atom. The van der Waals surface area contributed by atoms with Crippen molar-refractivity contribution in [2.75, 3.05) is 45.7 Å². The van der Waals surface area contributed by atoms with E-state index in [1.807, 2.05) is 0 Å². The van der Waals surface area contributed by atoms with Crippen LogP contribution in [0.15, 0.2) is 18.2 Å². The van der Waals surface area contributed by atoms with Gasteiger partial charge in [-0.3, -0.25) is 9.69 Å². The number of likely N-dealkylation sites (tertiary alicyclic amines) is 1. The summed E-state index contributed by atoms with van der Waals surface area (Å²) in [7, 11) is 3.16. The van der Waals surface area contributed by atoms with Gasteiger partial charge in [-0.05, 0) is 37.1 Å². The summed E-state index contributed by atoms with van der Waals surface area (Å²) >= 11 is 0. The van der Waals surface area contributed by atoms with Gasteiger partial charge in [-0.15, -0.1) is 0 Å². The quantitative estimate of drug-likeness (QED) is 0.829. The van der Waals surface area contributed by atoms with Crippen molar-refractivity contribution < 1.29 is 14.3 Å². The van der Waals surface area contributed by atoms with Crippen molar-refractivity contribution in [1.82, 2.24) is 4.90 Å². The lowest BCUT2D eigenvalue weighted by atomic mass is 9.90. The van der Waals surface area contributed by atoms with Crippen LogP contribution in [0, 0.1) is 5.41 Å². The van der Waals surface area contributed by atoms with Crippen LogP contribution in [-0.2, 0) is 4.79 Å². The molecule has 1 aromatic carbocycles. The summed E-state index contributed by atoms with van der Waals surface area (Å²) in [5.41, 5.74) is 6.56. The number of carbonyl (C=O) groups is 1. The van der Waals surface area contributed by atoms with E-state index in [2.05, 4.69) is 17.1 Å². The summed E-state index contributed by atoms with van der Waals surface area (Å²) in [5, 5.41) is 2.89. The molecule has 0 aromatic heterocycles. The molecule has 3 N–H and O–H groups in total. The van der Waals surface area contributed by atoms with Crippen LogP contribution in [0.4, 0.5) is 5.69 Å². The lowest BCUT2D eigenvalue weighted by Crippen LogP contribution is -2.35. The van der Waals surface area contributed by atoms with Crippen molar-refractivity contribution in [2.45, 2.75) is 13.3 Å². The number of benzene rings is 1. The Morgan fingerprint density at radius 3 is 2.77 bits per heavy atom. The number of hydrogen-bond donors (Lipinski definition) is 2. The van der Waals surface area contributed by atoms with Gasteiger partial charge < -0.3 is 20.5 Å². The highest BCUT2D eigenvalue weighted by molar-refractivity contribution is 5.93. The summed E-state index contributed by atoms with van der Waals surface area (Å²) < 4.78 is 10.4. The van der Waals surface area contributed by atoms with Gasteiger partial charge in [-0.25, -0.2) is 0 Å². The van der Waals surface area contributed by atoms with Crippen LogP contribution < -0.4 is 20.5 Å². The summed E-state index contributed by atoms with van der Waals surface area (Å²) in [4.78, 5) is 14.4. The van der Waals surface area contributed by atoms with Gasteiger partial charge in [0.25, 0.3) is 0 Å². The van der Waals surface area contributed by atoms with E-state index in [0.29, 0.717) is 30.3 Å². The Labute approximate surface area is 131 Å². The fraction of sp³-hybridized carbons (Fsp3) is 0.562. The van der Waals surface area contributed by atoms with E-state index >= 15 is 0 Å². The predicted octanol–water partition coefficient (Wildman–Crippen LogP) is 1.31. The average molecular weight is 307 g/mol. The van der Waals surface area contributed by atoms with Crippen LogP contribution in [0.3, 0.4) is 0 Å². The number of carbonyl (C=O) groups excluding carboxylic acids is 1. The fourth-order valence-electron chi connectivity index (χ4n) is 2.72. The number of ether oxygens (including phenoxy) is 2. The van der Waals surface area contributed by atoms with Gasteiger partial charge in [0.2, 0.25) is 5.91 Å². The number of methoxy groups -OCH3 is 2. The molecule has 0 radical (unpaired) electrons. The molecule has 0 bridgehead atoms. The molecule has 0 aliphatic carbocycles. The smallest absolute Gasteiger partial charge is 0.238 e. The second-order valence-electron chi connectivity index (χ2n) is 6.09. The number of nitrogens with zero attached hydrogens (tertiary/aromatic N) is 1. The second kappa shape index (κ2) is 6.98. The van der Waals surface area contributed by atoms with E-state index in [-0.39, 0.29) is 11.3 Å². The SMILES string of the molecule is COc1ccc(NC(=O)CN2CCC(C)(CN)C2)c(OC)c1. The number of hydrogen-bond acceptors (Lipinski definition) is 5. The van der Waals surface area contributed by atoms with Crippen molar-refractivity contribution in [3.05, 3.63) is 18.2 Å². The van der Waals surface area contributed by atoms with Crippen LogP contribution in [0.25, 0.3) is 0 Å². The first-order valence-electron chi connectivity index (χ1n) is 7.44. The van der Waals surface area contributed by atoms with Gasteiger partial charge in [0.1, 0.15) is 11.5 Å². The number of nitrogens with two attached hydrogens (primary N) is 1. The van der Waals surface area contributed by atoms with E-state index in [1.54, 1.807) is 32.4 Å². The largest absolute Gasteiger partial charge is 0.497 e. The molecular formula is C16H25N3O3. The molecule has 1 unspecified atom stereocenters. The topological polar surface area (TPSA) is 76.8 Å². The van der Waals surface area contributed by atoms with Crippen molar-refractivity contribution in [3.8, 4) is 11.5 Å². The monoisotopic (exact) mass is 307 g/mol. The number of rotatable bonds is 6. The Morgan fingerprint density at radius 1 is 1.41 bits per heavy atom. The second-order valence-corrected chi connectivity index (χ2v) is 6.09. The maximum absolute atomic E-state index is 12.2. The molecular weight excluding hydrogens is 282 g/mol. The first kappa shape index (κ1) is 16.6. The molecule has 0 spiro atoms. The Bertz CT molecular complexity index is 535. The molecule has 1 amide bonds. The molecule has 1 atom stereocenters. The summed E-state index contributed by atoms with van der Waals surface area (Å²) in [6.45, 7) is 4.94. The molecule has 1 aromatic rings.